The predicted octanol–water partition coefficient (Wildman–Crippen LogP) is 2.47. The van der Waals surface area contributed by atoms with Gasteiger partial charge >= 0.3 is 0 Å². The van der Waals surface area contributed by atoms with Gasteiger partial charge in [-0.05, 0) is 23.8 Å². The van der Waals surface area contributed by atoms with Gasteiger partial charge in [-0.2, -0.15) is 0 Å². The molecule has 0 fully saturated rings. The molecule has 0 saturated heterocycles. The van der Waals surface area contributed by atoms with Crippen LogP contribution in [0.4, 0.5) is 0 Å². The highest BCUT2D eigenvalue weighted by molar-refractivity contribution is 5.88. The Morgan fingerprint density at radius 2 is 1.90 bits per heavy atom. The zero-order valence-corrected chi connectivity index (χ0v) is 12.9. The molecule has 0 aliphatic rings. The van der Waals surface area contributed by atoms with Crippen molar-refractivity contribution in [2.75, 3.05) is 27.3 Å². The van der Waals surface area contributed by atoms with E-state index in [1.54, 1.807) is 14.2 Å². The average Bonchev–Trinajstić information content (AvgIpc) is 2.54. The summed E-state index contributed by atoms with van der Waals surface area (Å²) in [5.74, 6) is 0.863. The molecule has 0 spiro atoms. The average molecular weight is 288 g/mol. The van der Waals surface area contributed by atoms with E-state index in [4.69, 9.17) is 15.2 Å². The second-order valence-corrected chi connectivity index (χ2v) is 5.15. The smallest absolute Gasteiger partial charge is 0.124 e. The summed E-state index contributed by atoms with van der Waals surface area (Å²) >= 11 is 0. The Balaban J connectivity index is 2.40. The largest absolute Gasteiger partial charge is 0.496 e. The second-order valence-electron chi connectivity index (χ2n) is 5.15. The SMILES string of the molecule is COc1ccc2ccccc2c1C(CN)NCC(C)OC. The summed E-state index contributed by atoms with van der Waals surface area (Å²) in [6.07, 6.45) is 0.139. The van der Waals surface area contributed by atoms with Crippen LogP contribution >= 0.6 is 0 Å². The fourth-order valence-corrected chi connectivity index (χ4v) is 2.51. The van der Waals surface area contributed by atoms with Crippen molar-refractivity contribution >= 4 is 10.8 Å². The number of ether oxygens (including phenoxy) is 2. The maximum Gasteiger partial charge on any atom is 0.124 e. The molecule has 2 aromatic rings. The highest BCUT2D eigenvalue weighted by Crippen LogP contribution is 2.32. The van der Waals surface area contributed by atoms with Crippen molar-refractivity contribution in [2.24, 2.45) is 5.73 Å². The van der Waals surface area contributed by atoms with Gasteiger partial charge in [0.25, 0.3) is 0 Å². The number of nitrogens with two attached hydrogens (primary N) is 1. The summed E-state index contributed by atoms with van der Waals surface area (Å²) in [6, 6.07) is 12.4. The van der Waals surface area contributed by atoms with Crippen LogP contribution in [0.2, 0.25) is 0 Å². The van der Waals surface area contributed by atoms with Crippen LogP contribution in [0.25, 0.3) is 10.8 Å². The monoisotopic (exact) mass is 288 g/mol. The minimum absolute atomic E-state index is 0.0312. The third kappa shape index (κ3) is 3.53. The van der Waals surface area contributed by atoms with Crippen molar-refractivity contribution < 1.29 is 9.47 Å². The number of nitrogens with one attached hydrogen (secondary N) is 1. The number of methoxy groups -OCH3 is 2. The van der Waals surface area contributed by atoms with Crippen LogP contribution in [0.1, 0.15) is 18.5 Å². The fraction of sp³-hybridized carbons (Fsp3) is 0.412. The van der Waals surface area contributed by atoms with Crippen LogP contribution in [-0.4, -0.2) is 33.4 Å². The van der Waals surface area contributed by atoms with E-state index in [9.17, 15) is 0 Å². The number of fused-ring (bicyclic) bond motifs is 1. The minimum Gasteiger partial charge on any atom is -0.496 e. The second kappa shape index (κ2) is 7.41. The van der Waals surface area contributed by atoms with Crippen molar-refractivity contribution in [3.8, 4) is 5.75 Å². The first-order valence-electron chi connectivity index (χ1n) is 7.23. The van der Waals surface area contributed by atoms with Crippen molar-refractivity contribution in [3.05, 3.63) is 42.0 Å². The van der Waals surface area contributed by atoms with E-state index in [-0.39, 0.29) is 12.1 Å². The third-order valence-electron chi connectivity index (χ3n) is 3.79. The Kier molecular flexibility index (Phi) is 5.56. The molecule has 0 aromatic heterocycles. The van der Waals surface area contributed by atoms with Gasteiger partial charge in [-0.25, -0.2) is 0 Å². The Labute approximate surface area is 126 Å². The molecule has 0 aliphatic heterocycles. The zero-order valence-electron chi connectivity index (χ0n) is 12.9. The number of hydrogen-bond donors (Lipinski definition) is 2. The highest BCUT2D eigenvalue weighted by Gasteiger charge is 2.18. The Morgan fingerprint density at radius 1 is 1.14 bits per heavy atom. The zero-order chi connectivity index (χ0) is 15.2. The van der Waals surface area contributed by atoms with Gasteiger partial charge in [-0.1, -0.05) is 30.3 Å². The van der Waals surface area contributed by atoms with E-state index in [0.717, 1.165) is 17.9 Å². The van der Waals surface area contributed by atoms with E-state index in [1.807, 2.05) is 25.1 Å². The summed E-state index contributed by atoms with van der Waals surface area (Å²) in [5, 5.41) is 5.83. The molecule has 114 valence electrons. The van der Waals surface area contributed by atoms with Gasteiger partial charge in [0.15, 0.2) is 0 Å². The summed E-state index contributed by atoms with van der Waals surface area (Å²) < 4.78 is 10.8. The van der Waals surface area contributed by atoms with E-state index in [1.165, 1.54) is 10.8 Å². The minimum atomic E-state index is 0.0312. The van der Waals surface area contributed by atoms with Gasteiger partial charge in [0.05, 0.1) is 13.2 Å². The molecule has 3 N–H and O–H groups in total. The van der Waals surface area contributed by atoms with Crippen LogP contribution < -0.4 is 15.8 Å². The summed E-state index contributed by atoms with van der Waals surface area (Å²) in [4.78, 5) is 0. The molecule has 4 nitrogen and oxygen atoms in total. The van der Waals surface area contributed by atoms with E-state index in [0.29, 0.717) is 6.54 Å². The molecule has 0 bridgehead atoms. The first kappa shape index (κ1) is 15.8. The van der Waals surface area contributed by atoms with Gasteiger partial charge in [-0.15, -0.1) is 0 Å². The maximum absolute atomic E-state index is 5.99. The molecule has 2 unspecified atom stereocenters. The molecule has 2 aromatic carbocycles. The normalized spacial score (nSPS) is 14.1. The number of hydrogen-bond acceptors (Lipinski definition) is 4. The Hall–Kier alpha value is -1.62. The standard InChI is InChI=1S/C17H24N2O2/c1-12(20-2)11-19-15(10-18)17-14-7-5-4-6-13(14)8-9-16(17)21-3/h4-9,12,15,19H,10-11,18H2,1-3H3. The molecule has 2 atom stereocenters. The van der Waals surface area contributed by atoms with Gasteiger partial charge in [0.2, 0.25) is 0 Å². The molecule has 0 aliphatic carbocycles. The lowest BCUT2D eigenvalue weighted by molar-refractivity contribution is 0.114. The van der Waals surface area contributed by atoms with Crippen LogP contribution in [0.5, 0.6) is 5.75 Å². The quantitative estimate of drug-likeness (QED) is 0.822. The molecular weight excluding hydrogens is 264 g/mol. The molecule has 0 saturated carbocycles. The van der Waals surface area contributed by atoms with Crippen molar-refractivity contribution in [1.82, 2.24) is 5.32 Å². The van der Waals surface area contributed by atoms with Crippen LogP contribution in [0.15, 0.2) is 36.4 Å². The number of benzene rings is 2. The Morgan fingerprint density at radius 3 is 2.57 bits per heavy atom. The van der Waals surface area contributed by atoms with Gasteiger partial charge in [0.1, 0.15) is 5.75 Å². The summed E-state index contributed by atoms with van der Waals surface area (Å²) in [6.45, 7) is 3.27. The maximum atomic E-state index is 5.99. The molecule has 0 heterocycles. The first-order valence-corrected chi connectivity index (χ1v) is 7.23. The molecule has 4 heteroatoms. The van der Waals surface area contributed by atoms with Gasteiger partial charge in [-0.3, -0.25) is 0 Å². The lowest BCUT2D eigenvalue weighted by Crippen LogP contribution is -2.34. The molecule has 2 rings (SSSR count). The fourth-order valence-electron chi connectivity index (χ4n) is 2.51. The van der Waals surface area contributed by atoms with Gasteiger partial charge < -0.3 is 20.5 Å². The predicted molar refractivity (Wildman–Crippen MR) is 86.8 cm³/mol. The molecule has 0 amide bonds. The first-order chi connectivity index (χ1) is 10.2. The van der Waals surface area contributed by atoms with E-state index in [2.05, 4.69) is 23.5 Å². The van der Waals surface area contributed by atoms with Gasteiger partial charge in [0, 0.05) is 31.8 Å². The van der Waals surface area contributed by atoms with Crippen molar-refractivity contribution in [1.29, 1.82) is 0 Å². The van der Waals surface area contributed by atoms with E-state index >= 15 is 0 Å². The lowest BCUT2D eigenvalue weighted by Gasteiger charge is -2.23. The van der Waals surface area contributed by atoms with Crippen LogP contribution in [0, 0.1) is 0 Å². The number of rotatable bonds is 7. The summed E-state index contributed by atoms with van der Waals surface area (Å²) in [5.41, 5.74) is 7.10. The molecule has 21 heavy (non-hydrogen) atoms. The van der Waals surface area contributed by atoms with Crippen LogP contribution in [0.3, 0.4) is 0 Å². The summed E-state index contributed by atoms with van der Waals surface area (Å²) in [7, 11) is 3.40. The topological polar surface area (TPSA) is 56.5 Å². The van der Waals surface area contributed by atoms with Crippen molar-refractivity contribution in [3.63, 3.8) is 0 Å². The molecule has 0 radical (unpaired) electrons. The lowest BCUT2D eigenvalue weighted by atomic mass is 9.97. The van der Waals surface area contributed by atoms with Crippen LogP contribution in [-0.2, 0) is 4.74 Å². The molecular formula is C17H24N2O2. The highest BCUT2D eigenvalue weighted by atomic mass is 16.5. The van der Waals surface area contributed by atoms with Crippen molar-refractivity contribution in [2.45, 2.75) is 19.1 Å². The Bertz CT molecular complexity index is 586. The third-order valence-corrected chi connectivity index (χ3v) is 3.79. The van der Waals surface area contributed by atoms with E-state index < -0.39 is 0 Å².